The van der Waals surface area contributed by atoms with E-state index in [4.69, 9.17) is 0 Å². The topological polar surface area (TPSA) is 0 Å². The number of hydrogen-bond donors (Lipinski definition) is 0. The van der Waals surface area contributed by atoms with Crippen LogP contribution in [0.5, 0.6) is 0 Å². The summed E-state index contributed by atoms with van der Waals surface area (Å²) >= 11 is 8.47. The van der Waals surface area contributed by atoms with E-state index in [9.17, 15) is 0 Å². The predicted molar refractivity (Wildman–Crippen MR) is 30.2 cm³/mol. The Kier molecular flexibility index (Phi) is 19.9. The molecule has 4 heteroatoms. The summed E-state index contributed by atoms with van der Waals surface area (Å²) < 4.78 is 0. The maximum absolute atomic E-state index is 4.24. The Morgan fingerprint density at radius 1 is 1.25 bits per heavy atom. The van der Waals surface area contributed by atoms with Crippen molar-refractivity contribution < 1.29 is 0 Å². The zero-order valence-electron chi connectivity index (χ0n) is 1.32. The molecular formula is H2LiPS2. The van der Waals surface area contributed by atoms with Gasteiger partial charge in [0.1, 0.15) is 0 Å². The van der Waals surface area contributed by atoms with Crippen LogP contribution in [0.2, 0.25) is 0 Å². The van der Waals surface area contributed by atoms with E-state index in [-0.39, 0.29) is 25.0 Å². The first-order chi connectivity index (χ1) is 1.41. The third kappa shape index (κ3) is 10.2. The van der Waals surface area contributed by atoms with Gasteiger partial charge in [-0.3, -0.25) is 0 Å². The van der Waals surface area contributed by atoms with Crippen LogP contribution < -0.4 is 0 Å². The standard InChI is InChI=1S/Li.HPS2.H/c;2-1-3;/h;1H;. The minimum absolute atomic E-state index is 0. The first-order valence-corrected chi connectivity index (χ1v) is 3.67. The molecule has 0 saturated carbocycles. The molecule has 0 amide bonds. The van der Waals surface area contributed by atoms with Gasteiger partial charge in [-0.05, 0) is 6.13 Å². The normalized spacial score (nSPS) is 3.00. The van der Waals surface area contributed by atoms with Crippen molar-refractivity contribution in [1.29, 1.82) is 0 Å². The fourth-order valence-corrected chi connectivity index (χ4v) is 0. The summed E-state index contributed by atoms with van der Waals surface area (Å²) in [6.07, 6.45) is 0.250. The third-order valence-electron chi connectivity index (χ3n) is 0. The second kappa shape index (κ2) is 8.84. The summed E-state index contributed by atoms with van der Waals surface area (Å²) in [6.45, 7) is 0. The van der Waals surface area contributed by atoms with E-state index < -0.39 is 0 Å². The Labute approximate surface area is 48.7 Å². The van der Waals surface area contributed by atoms with Gasteiger partial charge in [0.25, 0.3) is 0 Å². The van der Waals surface area contributed by atoms with Gasteiger partial charge in [0, 0.05) is 0 Å². The molecule has 0 radical (unpaired) electrons. The molecule has 0 aromatic carbocycles. The zero-order chi connectivity index (χ0) is 2.71. The van der Waals surface area contributed by atoms with Crippen molar-refractivity contribution in [3.8, 4) is 0 Å². The summed E-state index contributed by atoms with van der Waals surface area (Å²) in [5, 5.41) is 0. The quantitative estimate of drug-likeness (QED) is 0.312. The molecule has 0 saturated heterocycles. The van der Waals surface area contributed by atoms with Crippen LogP contribution in [0.3, 0.4) is 0 Å². The first-order valence-electron chi connectivity index (χ1n) is 0.408. The van der Waals surface area contributed by atoms with Crippen LogP contribution in [-0.4, -0.2) is 18.9 Å². The van der Waals surface area contributed by atoms with Crippen LogP contribution in [0, 0.1) is 0 Å². The molecule has 4 heavy (non-hydrogen) atoms. The van der Waals surface area contributed by atoms with Crippen LogP contribution in [0.15, 0.2) is 0 Å². The van der Waals surface area contributed by atoms with E-state index in [1.54, 1.807) is 0 Å². The van der Waals surface area contributed by atoms with Gasteiger partial charge in [-0.15, -0.1) is 0 Å². The van der Waals surface area contributed by atoms with Gasteiger partial charge in [0.05, 0.1) is 0 Å². The van der Waals surface area contributed by atoms with Crippen molar-refractivity contribution >= 4 is 48.6 Å². The summed E-state index contributed by atoms with van der Waals surface area (Å²) in [5.41, 5.74) is 0. The fourth-order valence-electron chi connectivity index (χ4n) is 0. The molecule has 0 bridgehead atoms. The monoisotopic (exact) mass is 104 g/mol. The summed E-state index contributed by atoms with van der Waals surface area (Å²) in [7, 11) is 0. The molecule has 0 atom stereocenters. The van der Waals surface area contributed by atoms with Crippen LogP contribution >= 0.6 is 6.13 Å². The molecule has 0 spiro atoms. The van der Waals surface area contributed by atoms with Crippen LogP contribution in [0.4, 0.5) is 0 Å². The molecule has 0 aliphatic carbocycles. The van der Waals surface area contributed by atoms with Gasteiger partial charge in [-0.1, -0.05) is 23.6 Å². The maximum atomic E-state index is 4.24. The predicted octanol–water partition coefficient (Wildman–Crippen LogP) is -0.0598. The van der Waals surface area contributed by atoms with Crippen molar-refractivity contribution in [1.82, 2.24) is 0 Å². The molecular weight excluding hydrogens is 102 g/mol. The van der Waals surface area contributed by atoms with E-state index in [1.807, 2.05) is 0 Å². The second-order valence-electron chi connectivity index (χ2n) is 0.0833. The average molecular weight is 104 g/mol. The van der Waals surface area contributed by atoms with Crippen LogP contribution in [0.25, 0.3) is 0 Å². The number of hydrogen-bond acceptors (Lipinski definition) is 2. The molecule has 0 aliphatic rings. The molecule has 0 aromatic heterocycles. The molecule has 0 fully saturated rings. The van der Waals surface area contributed by atoms with E-state index in [2.05, 4.69) is 23.6 Å². The van der Waals surface area contributed by atoms with E-state index in [1.165, 1.54) is 0 Å². The summed E-state index contributed by atoms with van der Waals surface area (Å²) in [4.78, 5) is 0. The molecule has 0 heterocycles. The molecule has 0 aliphatic heterocycles. The average Bonchev–Trinajstić information content (AvgIpc) is 0.918. The second-order valence-corrected chi connectivity index (χ2v) is 2.25. The van der Waals surface area contributed by atoms with Gasteiger partial charge in [0.2, 0.25) is 0 Å². The van der Waals surface area contributed by atoms with Gasteiger partial charge < -0.3 is 0 Å². The van der Waals surface area contributed by atoms with Crippen LogP contribution in [-0.2, 0) is 23.6 Å². The van der Waals surface area contributed by atoms with Gasteiger partial charge >= 0.3 is 18.9 Å². The third-order valence-corrected chi connectivity index (χ3v) is 0. The van der Waals surface area contributed by atoms with Crippen molar-refractivity contribution in [2.45, 2.75) is 0 Å². The van der Waals surface area contributed by atoms with Gasteiger partial charge in [-0.2, -0.15) is 0 Å². The van der Waals surface area contributed by atoms with Crippen molar-refractivity contribution in [2.24, 2.45) is 0 Å². The molecule has 0 rings (SSSR count). The Hall–Kier alpha value is 1.34. The van der Waals surface area contributed by atoms with E-state index in [0.717, 1.165) is 0 Å². The first kappa shape index (κ1) is 9.02. The van der Waals surface area contributed by atoms with Gasteiger partial charge in [-0.25, -0.2) is 0 Å². The molecule has 0 unspecified atom stereocenters. The fraction of sp³-hybridized carbons (Fsp3) is 0. The van der Waals surface area contributed by atoms with Crippen molar-refractivity contribution in [2.75, 3.05) is 0 Å². The Morgan fingerprint density at radius 3 is 1.25 bits per heavy atom. The minimum atomic E-state index is 0. The summed E-state index contributed by atoms with van der Waals surface area (Å²) in [5.74, 6) is 0. The Bertz CT molecular complexity index is 27.0. The molecule has 0 aromatic rings. The SMILES string of the molecule is S=[PH]=S.[LiH]. The van der Waals surface area contributed by atoms with Crippen LogP contribution in [0.1, 0.15) is 0 Å². The molecule has 20 valence electrons. The van der Waals surface area contributed by atoms with Crippen molar-refractivity contribution in [3.63, 3.8) is 0 Å². The van der Waals surface area contributed by atoms with E-state index >= 15 is 0 Å². The van der Waals surface area contributed by atoms with Gasteiger partial charge in [0.15, 0.2) is 0 Å². The molecule has 0 N–H and O–H groups in total. The Morgan fingerprint density at radius 2 is 1.25 bits per heavy atom. The summed E-state index contributed by atoms with van der Waals surface area (Å²) in [6, 6.07) is 0. The molecule has 0 nitrogen and oxygen atoms in total. The zero-order valence-corrected chi connectivity index (χ0v) is 3.95. The van der Waals surface area contributed by atoms with Crippen molar-refractivity contribution in [3.05, 3.63) is 0 Å². The Balaban J connectivity index is 0. The number of rotatable bonds is 0. The van der Waals surface area contributed by atoms with E-state index in [0.29, 0.717) is 0 Å².